The van der Waals surface area contributed by atoms with Crippen LogP contribution in [-0.4, -0.2) is 27.2 Å². The van der Waals surface area contributed by atoms with Crippen LogP contribution in [0, 0.1) is 0 Å². The van der Waals surface area contributed by atoms with E-state index in [0.29, 0.717) is 16.9 Å². The first-order chi connectivity index (χ1) is 11.2. The Kier molecular flexibility index (Phi) is 5.04. The summed E-state index contributed by atoms with van der Waals surface area (Å²) in [7, 11) is -2.17. The van der Waals surface area contributed by atoms with Crippen LogP contribution < -0.4 is 9.62 Å². The van der Waals surface area contributed by atoms with Crippen molar-refractivity contribution in [2.24, 2.45) is 0 Å². The molecule has 1 amide bonds. The summed E-state index contributed by atoms with van der Waals surface area (Å²) < 4.78 is 27.3. The summed E-state index contributed by atoms with van der Waals surface area (Å²) in [6, 6.07) is 12.3. The number of hydrogen-bond acceptors (Lipinski definition) is 4. The van der Waals surface area contributed by atoms with E-state index in [1.54, 1.807) is 37.4 Å². The first-order valence-corrected chi connectivity index (χ1v) is 8.67. The van der Waals surface area contributed by atoms with Crippen LogP contribution in [0.3, 0.4) is 0 Å². The Morgan fingerprint density at radius 1 is 1.00 bits per heavy atom. The van der Waals surface area contributed by atoms with E-state index < -0.39 is 10.0 Å². The number of hydrogen-bond donors (Lipinski definition) is 1. The van der Waals surface area contributed by atoms with Gasteiger partial charge in [0.1, 0.15) is 0 Å². The van der Waals surface area contributed by atoms with Gasteiger partial charge in [0.15, 0.2) is 5.78 Å². The van der Waals surface area contributed by atoms with Crippen LogP contribution >= 0.6 is 0 Å². The van der Waals surface area contributed by atoms with Crippen LogP contribution in [0.15, 0.2) is 53.4 Å². The van der Waals surface area contributed by atoms with Gasteiger partial charge in [-0.05, 0) is 43.3 Å². The van der Waals surface area contributed by atoms with Crippen LogP contribution in [0.4, 0.5) is 11.4 Å². The van der Waals surface area contributed by atoms with E-state index >= 15 is 0 Å². The van der Waals surface area contributed by atoms with Gasteiger partial charge in [-0.1, -0.05) is 12.1 Å². The van der Waals surface area contributed by atoms with E-state index in [-0.39, 0.29) is 16.6 Å². The molecule has 0 unspecified atom stereocenters. The Bertz CT molecular complexity index is 874. The quantitative estimate of drug-likeness (QED) is 0.844. The zero-order chi connectivity index (χ0) is 17.9. The van der Waals surface area contributed by atoms with Crippen molar-refractivity contribution in [1.29, 1.82) is 0 Å². The smallest absolute Gasteiger partial charge is 0.261 e. The molecule has 0 heterocycles. The van der Waals surface area contributed by atoms with Crippen molar-refractivity contribution in [2.45, 2.75) is 18.7 Å². The van der Waals surface area contributed by atoms with E-state index in [1.165, 1.54) is 36.9 Å². The van der Waals surface area contributed by atoms with Crippen LogP contribution in [0.5, 0.6) is 0 Å². The summed E-state index contributed by atoms with van der Waals surface area (Å²) >= 11 is 0. The summed E-state index contributed by atoms with van der Waals surface area (Å²) in [6.45, 7) is 2.82. The van der Waals surface area contributed by atoms with Crippen LogP contribution in [0.2, 0.25) is 0 Å². The lowest BCUT2D eigenvalue weighted by Gasteiger charge is -2.15. The third kappa shape index (κ3) is 3.99. The summed E-state index contributed by atoms with van der Waals surface area (Å²) in [5.74, 6) is -0.326. The number of amides is 1. The van der Waals surface area contributed by atoms with E-state index in [0.717, 1.165) is 0 Å². The van der Waals surface area contributed by atoms with Crippen LogP contribution in [0.25, 0.3) is 0 Å². The topological polar surface area (TPSA) is 83.6 Å². The molecule has 0 fully saturated rings. The predicted molar refractivity (Wildman–Crippen MR) is 92.8 cm³/mol. The fourth-order valence-electron chi connectivity index (χ4n) is 2.03. The van der Waals surface area contributed by atoms with Gasteiger partial charge in [0.2, 0.25) is 5.91 Å². The molecule has 0 radical (unpaired) electrons. The Balaban J connectivity index is 2.25. The van der Waals surface area contributed by atoms with Gasteiger partial charge in [-0.25, -0.2) is 8.42 Å². The normalized spacial score (nSPS) is 11.0. The average molecular weight is 346 g/mol. The van der Waals surface area contributed by atoms with Crippen LogP contribution in [-0.2, 0) is 14.8 Å². The number of ketones is 1. The molecule has 7 heteroatoms. The van der Waals surface area contributed by atoms with Gasteiger partial charge in [-0.15, -0.1) is 0 Å². The molecule has 0 aliphatic carbocycles. The van der Waals surface area contributed by atoms with E-state index in [1.807, 2.05) is 0 Å². The van der Waals surface area contributed by atoms with Gasteiger partial charge in [0.25, 0.3) is 10.0 Å². The number of Topliss-reactive ketones (excluding diaryl/α,β-unsaturated/α-hetero) is 1. The second-order valence-corrected chi connectivity index (χ2v) is 7.00. The molecule has 0 saturated carbocycles. The number of anilines is 2. The molecule has 2 aromatic rings. The Morgan fingerprint density at radius 3 is 2.17 bits per heavy atom. The maximum atomic E-state index is 12.4. The number of rotatable bonds is 5. The molecule has 2 rings (SSSR count). The standard InChI is InChI=1S/C17H18N2O4S/c1-12(20)14-5-4-6-17(11-14)24(22,23)18-15-7-9-16(10-8-15)19(3)13(2)21/h4-11,18H,1-3H3. The van der Waals surface area contributed by atoms with Crippen molar-refractivity contribution in [3.05, 3.63) is 54.1 Å². The third-order valence-corrected chi connectivity index (χ3v) is 4.91. The van der Waals surface area contributed by atoms with Gasteiger partial charge in [-0.3, -0.25) is 14.3 Å². The minimum Gasteiger partial charge on any atom is -0.316 e. The highest BCUT2D eigenvalue weighted by molar-refractivity contribution is 7.92. The molecule has 0 aromatic heterocycles. The minimum absolute atomic E-state index is 0.0140. The van der Waals surface area contributed by atoms with Gasteiger partial charge >= 0.3 is 0 Å². The second kappa shape index (κ2) is 6.84. The Labute approximate surface area is 141 Å². The molecule has 0 bridgehead atoms. The lowest BCUT2D eigenvalue weighted by molar-refractivity contribution is -0.116. The molecular weight excluding hydrogens is 328 g/mol. The first kappa shape index (κ1) is 17.7. The molecule has 126 valence electrons. The number of carbonyl (C=O) groups excluding carboxylic acids is 2. The molecule has 0 saturated heterocycles. The van der Waals surface area contributed by atoms with E-state index in [2.05, 4.69) is 4.72 Å². The number of benzene rings is 2. The van der Waals surface area contributed by atoms with Crippen molar-refractivity contribution in [1.82, 2.24) is 0 Å². The van der Waals surface area contributed by atoms with Crippen molar-refractivity contribution < 1.29 is 18.0 Å². The zero-order valence-electron chi connectivity index (χ0n) is 13.6. The number of sulfonamides is 1. The van der Waals surface area contributed by atoms with Crippen LogP contribution in [0.1, 0.15) is 24.2 Å². The van der Waals surface area contributed by atoms with Crippen molar-refractivity contribution >= 4 is 33.1 Å². The zero-order valence-corrected chi connectivity index (χ0v) is 14.4. The molecule has 0 aliphatic rings. The van der Waals surface area contributed by atoms with Crippen molar-refractivity contribution in [3.8, 4) is 0 Å². The molecule has 6 nitrogen and oxygen atoms in total. The average Bonchev–Trinajstić information content (AvgIpc) is 2.54. The first-order valence-electron chi connectivity index (χ1n) is 7.19. The van der Waals surface area contributed by atoms with E-state index in [4.69, 9.17) is 0 Å². The van der Waals surface area contributed by atoms with Gasteiger partial charge < -0.3 is 4.90 Å². The lowest BCUT2D eigenvalue weighted by atomic mass is 10.2. The predicted octanol–water partition coefficient (Wildman–Crippen LogP) is 2.67. The molecule has 0 aliphatic heterocycles. The highest BCUT2D eigenvalue weighted by atomic mass is 32.2. The van der Waals surface area contributed by atoms with Crippen molar-refractivity contribution in [3.63, 3.8) is 0 Å². The SMILES string of the molecule is CC(=O)c1cccc(S(=O)(=O)Nc2ccc(N(C)C(C)=O)cc2)c1. The molecule has 0 spiro atoms. The highest BCUT2D eigenvalue weighted by Gasteiger charge is 2.16. The fraction of sp³-hybridized carbons (Fsp3) is 0.176. The fourth-order valence-corrected chi connectivity index (χ4v) is 3.14. The molecule has 2 aromatic carbocycles. The Morgan fingerprint density at radius 2 is 1.62 bits per heavy atom. The number of nitrogens with one attached hydrogen (secondary N) is 1. The summed E-state index contributed by atoms with van der Waals surface area (Å²) in [6.07, 6.45) is 0. The number of nitrogens with zero attached hydrogens (tertiary/aromatic N) is 1. The maximum absolute atomic E-state index is 12.4. The molecule has 0 atom stereocenters. The number of carbonyl (C=O) groups is 2. The third-order valence-electron chi connectivity index (χ3n) is 3.53. The van der Waals surface area contributed by atoms with Gasteiger partial charge in [-0.2, -0.15) is 0 Å². The highest BCUT2D eigenvalue weighted by Crippen LogP contribution is 2.21. The second-order valence-electron chi connectivity index (χ2n) is 5.31. The van der Waals surface area contributed by atoms with Gasteiger partial charge in [0.05, 0.1) is 4.90 Å². The maximum Gasteiger partial charge on any atom is 0.261 e. The Hall–Kier alpha value is -2.67. The summed E-state index contributed by atoms with van der Waals surface area (Å²) in [4.78, 5) is 24.2. The largest absolute Gasteiger partial charge is 0.316 e. The molecular formula is C17H18N2O4S. The lowest BCUT2D eigenvalue weighted by Crippen LogP contribution is -2.22. The summed E-state index contributed by atoms with van der Waals surface area (Å²) in [5.41, 5.74) is 1.35. The minimum atomic E-state index is -3.80. The van der Waals surface area contributed by atoms with Gasteiger partial charge in [0, 0.05) is 30.9 Å². The summed E-state index contributed by atoms with van der Waals surface area (Å²) in [5, 5.41) is 0. The van der Waals surface area contributed by atoms with Crippen molar-refractivity contribution in [2.75, 3.05) is 16.7 Å². The monoisotopic (exact) mass is 346 g/mol. The molecule has 24 heavy (non-hydrogen) atoms. The molecule has 1 N–H and O–H groups in total. The van der Waals surface area contributed by atoms with E-state index in [9.17, 15) is 18.0 Å².